The minimum Gasteiger partial charge on any atom is -0.215 e. The molecular formula is C7H16ClNO2S2. The summed E-state index contributed by atoms with van der Waals surface area (Å²) in [5.74, 6) is 0.148. The van der Waals surface area contributed by atoms with Crippen molar-refractivity contribution in [1.82, 2.24) is 4.72 Å². The molecule has 0 rings (SSSR count). The van der Waals surface area contributed by atoms with Gasteiger partial charge in [0.25, 0.3) is 0 Å². The minimum absolute atomic E-state index is 0.00219. The van der Waals surface area contributed by atoms with Crippen molar-refractivity contribution in [2.75, 3.05) is 24.4 Å². The van der Waals surface area contributed by atoms with Gasteiger partial charge in [0.1, 0.15) is 0 Å². The Balaban J connectivity index is 3.64. The molecule has 0 saturated carbocycles. The van der Waals surface area contributed by atoms with Gasteiger partial charge in [-0.1, -0.05) is 6.92 Å². The summed E-state index contributed by atoms with van der Waals surface area (Å²) < 4.78 is 24.7. The predicted molar refractivity (Wildman–Crippen MR) is 60.1 cm³/mol. The lowest BCUT2D eigenvalue weighted by atomic mass is 10.3. The Bertz CT molecular complexity index is 219. The van der Waals surface area contributed by atoms with E-state index in [0.29, 0.717) is 11.8 Å². The zero-order valence-corrected chi connectivity index (χ0v) is 10.3. The highest BCUT2D eigenvalue weighted by Crippen LogP contribution is 2.08. The van der Waals surface area contributed by atoms with Crippen LogP contribution in [-0.4, -0.2) is 38.1 Å². The maximum atomic E-state index is 11.1. The lowest BCUT2D eigenvalue weighted by molar-refractivity contribution is 0.580. The molecule has 0 saturated heterocycles. The summed E-state index contributed by atoms with van der Waals surface area (Å²) in [4.78, 5) is 0. The fourth-order valence-electron chi connectivity index (χ4n) is 0.709. The van der Waals surface area contributed by atoms with E-state index in [4.69, 9.17) is 11.6 Å². The Kier molecular flexibility index (Phi) is 7.22. The number of sulfonamides is 1. The third kappa shape index (κ3) is 7.61. The molecule has 0 bridgehead atoms. The van der Waals surface area contributed by atoms with Crippen LogP contribution in [0, 0.1) is 0 Å². The van der Waals surface area contributed by atoms with Crippen LogP contribution in [0.2, 0.25) is 0 Å². The monoisotopic (exact) mass is 245 g/mol. The quantitative estimate of drug-likeness (QED) is 0.688. The van der Waals surface area contributed by atoms with Gasteiger partial charge in [-0.05, 0) is 12.7 Å². The van der Waals surface area contributed by atoms with Crippen LogP contribution in [0.1, 0.15) is 13.3 Å². The SMILES string of the molecule is CSC(C)CCNS(=O)(=O)CCCl. The van der Waals surface area contributed by atoms with E-state index < -0.39 is 10.0 Å². The van der Waals surface area contributed by atoms with E-state index in [1.165, 1.54) is 0 Å². The Hall–Kier alpha value is 0.550. The summed E-state index contributed by atoms with van der Waals surface area (Å²) in [5.41, 5.74) is 0. The minimum atomic E-state index is -3.13. The van der Waals surface area contributed by atoms with Gasteiger partial charge in [-0.2, -0.15) is 11.8 Å². The highest BCUT2D eigenvalue weighted by atomic mass is 35.5. The fourth-order valence-corrected chi connectivity index (χ4v) is 2.45. The molecule has 1 N–H and O–H groups in total. The molecule has 0 fully saturated rings. The molecule has 0 aromatic carbocycles. The highest BCUT2D eigenvalue weighted by molar-refractivity contribution is 7.99. The van der Waals surface area contributed by atoms with Gasteiger partial charge < -0.3 is 0 Å². The predicted octanol–water partition coefficient (Wildman–Crippen LogP) is 1.29. The van der Waals surface area contributed by atoms with E-state index in [2.05, 4.69) is 11.6 Å². The summed E-state index contributed by atoms with van der Waals surface area (Å²) in [6.45, 7) is 2.57. The van der Waals surface area contributed by atoms with Crippen molar-refractivity contribution in [3.8, 4) is 0 Å². The lowest BCUT2D eigenvalue weighted by Gasteiger charge is -2.08. The molecule has 0 aliphatic carbocycles. The largest absolute Gasteiger partial charge is 0.215 e. The zero-order chi connectivity index (χ0) is 10.3. The molecule has 6 heteroatoms. The van der Waals surface area contributed by atoms with Crippen molar-refractivity contribution < 1.29 is 8.42 Å². The van der Waals surface area contributed by atoms with Crippen molar-refractivity contribution in [2.24, 2.45) is 0 Å². The molecule has 0 spiro atoms. The smallest absolute Gasteiger partial charge is 0.212 e. The van der Waals surface area contributed by atoms with Crippen molar-refractivity contribution in [3.05, 3.63) is 0 Å². The maximum Gasteiger partial charge on any atom is 0.212 e. The Morgan fingerprint density at radius 1 is 1.54 bits per heavy atom. The summed E-state index contributed by atoms with van der Waals surface area (Å²) in [6, 6.07) is 0. The van der Waals surface area contributed by atoms with Gasteiger partial charge in [0.05, 0.1) is 5.75 Å². The number of nitrogens with one attached hydrogen (secondary N) is 1. The highest BCUT2D eigenvalue weighted by Gasteiger charge is 2.08. The molecular weight excluding hydrogens is 230 g/mol. The first kappa shape index (κ1) is 13.5. The van der Waals surface area contributed by atoms with E-state index in [9.17, 15) is 8.42 Å². The van der Waals surface area contributed by atoms with Gasteiger partial charge in [0, 0.05) is 17.7 Å². The fraction of sp³-hybridized carbons (Fsp3) is 1.00. The van der Waals surface area contributed by atoms with Gasteiger partial charge in [0.15, 0.2) is 0 Å². The average molecular weight is 246 g/mol. The first-order valence-corrected chi connectivity index (χ1v) is 7.55. The van der Waals surface area contributed by atoms with Gasteiger partial charge in [-0.15, -0.1) is 11.6 Å². The number of halogens is 1. The average Bonchev–Trinajstić information content (AvgIpc) is 2.03. The topological polar surface area (TPSA) is 46.2 Å². The Morgan fingerprint density at radius 3 is 2.62 bits per heavy atom. The van der Waals surface area contributed by atoms with Crippen molar-refractivity contribution >= 4 is 33.4 Å². The van der Waals surface area contributed by atoms with E-state index in [0.717, 1.165) is 6.42 Å². The van der Waals surface area contributed by atoms with Crippen LogP contribution >= 0.6 is 23.4 Å². The molecule has 1 atom stereocenters. The molecule has 0 radical (unpaired) electrons. The number of alkyl halides is 1. The Morgan fingerprint density at radius 2 is 2.15 bits per heavy atom. The van der Waals surface area contributed by atoms with Crippen molar-refractivity contribution in [2.45, 2.75) is 18.6 Å². The van der Waals surface area contributed by atoms with E-state index in [1.54, 1.807) is 11.8 Å². The summed E-state index contributed by atoms with van der Waals surface area (Å²) in [5, 5.41) is 0.485. The third-order valence-electron chi connectivity index (χ3n) is 1.62. The molecule has 0 aromatic heterocycles. The lowest BCUT2D eigenvalue weighted by Crippen LogP contribution is -2.29. The second-order valence-corrected chi connectivity index (χ2v) is 6.32. The first-order valence-electron chi connectivity index (χ1n) is 4.08. The standard InChI is InChI=1S/C7H16ClNO2S2/c1-7(12-2)3-5-9-13(10,11)6-4-8/h7,9H,3-6H2,1-2H3. The van der Waals surface area contributed by atoms with Crippen molar-refractivity contribution in [3.63, 3.8) is 0 Å². The molecule has 0 heterocycles. The molecule has 13 heavy (non-hydrogen) atoms. The summed E-state index contributed by atoms with van der Waals surface area (Å²) in [6.07, 6.45) is 2.86. The second-order valence-electron chi connectivity index (χ2n) is 2.74. The van der Waals surface area contributed by atoms with Gasteiger partial charge in [-0.3, -0.25) is 0 Å². The third-order valence-corrected chi connectivity index (χ3v) is 4.46. The van der Waals surface area contributed by atoms with Crippen LogP contribution < -0.4 is 4.72 Å². The van der Waals surface area contributed by atoms with Crippen LogP contribution in [0.3, 0.4) is 0 Å². The number of thioether (sulfide) groups is 1. The van der Waals surface area contributed by atoms with Crippen LogP contribution in [0.15, 0.2) is 0 Å². The number of rotatable bonds is 7. The molecule has 0 aliphatic heterocycles. The van der Waals surface area contributed by atoms with Crippen molar-refractivity contribution in [1.29, 1.82) is 0 Å². The van der Waals surface area contributed by atoms with Crippen LogP contribution in [0.25, 0.3) is 0 Å². The number of hydrogen-bond acceptors (Lipinski definition) is 3. The zero-order valence-electron chi connectivity index (χ0n) is 7.92. The summed E-state index contributed by atoms with van der Waals surface area (Å²) in [7, 11) is -3.13. The number of hydrogen-bond donors (Lipinski definition) is 1. The first-order chi connectivity index (χ1) is 6.02. The van der Waals surface area contributed by atoms with Crippen LogP contribution in [0.5, 0.6) is 0 Å². The molecule has 0 aromatic rings. The van der Waals surface area contributed by atoms with Gasteiger partial charge >= 0.3 is 0 Å². The van der Waals surface area contributed by atoms with Crippen LogP contribution in [0.4, 0.5) is 0 Å². The second kappa shape index (κ2) is 6.92. The van der Waals surface area contributed by atoms with E-state index in [1.807, 2.05) is 6.26 Å². The molecule has 80 valence electrons. The summed E-state index contributed by atoms with van der Waals surface area (Å²) >= 11 is 7.06. The molecule has 3 nitrogen and oxygen atoms in total. The maximum absolute atomic E-state index is 11.1. The molecule has 0 aliphatic rings. The van der Waals surface area contributed by atoms with E-state index in [-0.39, 0.29) is 11.6 Å². The molecule has 0 amide bonds. The van der Waals surface area contributed by atoms with Gasteiger partial charge in [-0.25, -0.2) is 13.1 Å². The van der Waals surface area contributed by atoms with Crippen LogP contribution in [-0.2, 0) is 10.0 Å². The van der Waals surface area contributed by atoms with Gasteiger partial charge in [0.2, 0.25) is 10.0 Å². The van der Waals surface area contributed by atoms with E-state index >= 15 is 0 Å². The molecule has 1 unspecified atom stereocenters. The normalized spacial score (nSPS) is 14.4. The Labute approximate surface area is 89.7 Å².